The molecule has 1 fully saturated rings. The van der Waals surface area contributed by atoms with E-state index in [4.69, 9.17) is 12.2 Å². The van der Waals surface area contributed by atoms with E-state index in [-0.39, 0.29) is 16.6 Å². The molecular formula is C19H15NO3S2. The van der Waals surface area contributed by atoms with Crippen LogP contribution in [0.5, 0.6) is 0 Å². The minimum absolute atomic E-state index is 0.210. The zero-order valence-corrected chi connectivity index (χ0v) is 14.8. The van der Waals surface area contributed by atoms with Gasteiger partial charge in [0, 0.05) is 6.42 Å². The first-order chi connectivity index (χ1) is 12.1. The lowest BCUT2D eigenvalue weighted by atomic mass is 10.0. The molecule has 1 saturated heterocycles. The van der Waals surface area contributed by atoms with Gasteiger partial charge in [-0.3, -0.25) is 9.69 Å². The number of hydrogen-bond donors (Lipinski definition) is 1. The molecule has 4 nitrogen and oxygen atoms in total. The highest BCUT2D eigenvalue weighted by Gasteiger charge is 2.40. The Kier molecular flexibility index (Phi) is 5.31. The van der Waals surface area contributed by atoms with Crippen molar-refractivity contribution in [2.45, 2.75) is 12.5 Å². The van der Waals surface area contributed by atoms with E-state index in [9.17, 15) is 14.7 Å². The van der Waals surface area contributed by atoms with E-state index in [0.717, 1.165) is 22.9 Å². The predicted octanol–water partition coefficient (Wildman–Crippen LogP) is 3.58. The monoisotopic (exact) mass is 369 g/mol. The summed E-state index contributed by atoms with van der Waals surface area (Å²) in [5, 5.41) is 9.62. The van der Waals surface area contributed by atoms with E-state index in [1.165, 1.54) is 4.90 Å². The summed E-state index contributed by atoms with van der Waals surface area (Å²) in [4.78, 5) is 26.2. The quantitative estimate of drug-likeness (QED) is 0.645. The number of amides is 1. The van der Waals surface area contributed by atoms with Crippen molar-refractivity contribution in [2.75, 3.05) is 0 Å². The van der Waals surface area contributed by atoms with Gasteiger partial charge in [0.05, 0.1) is 4.91 Å². The number of carbonyl (C=O) groups is 2. The SMILES string of the molecule is O=C(O)[C@@H](Cc1ccccc1)N1C(=O)/C(=C/c2ccccc2)SC1=S. The average molecular weight is 369 g/mol. The maximum Gasteiger partial charge on any atom is 0.327 e. The second-order valence-corrected chi connectivity index (χ2v) is 7.18. The standard InChI is InChI=1S/C19H15NO3S2/c21-17-16(12-14-9-5-2-6-10-14)25-19(24)20(17)15(18(22)23)11-13-7-3-1-4-8-13/h1-10,12,15H,11H2,(H,22,23)/b16-12-/t15-/m1/s1. The molecule has 0 aliphatic carbocycles. The van der Waals surface area contributed by atoms with Crippen LogP contribution in [0.4, 0.5) is 0 Å². The Hall–Kier alpha value is -2.44. The molecule has 126 valence electrons. The Morgan fingerprint density at radius 3 is 2.32 bits per heavy atom. The highest BCUT2D eigenvalue weighted by atomic mass is 32.2. The van der Waals surface area contributed by atoms with Crippen molar-refractivity contribution in [3.05, 3.63) is 76.7 Å². The number of benzene rings is 2. The second-order valence-electron chi connectivity index (χ2n) is 5.51. The number of hydrogen-bond acceptors (Lipinski definition) is 4. The summed E-state index contributed by atoms with van der Waals surface area (Å²) >= 11 is 6.42. The molecule has 2 aromatic carbocycles. The first-order valence-electron chi connectivity index (χ1n) is 7.65. The number of carbonyl (C=O) groups excluding carboxylic acids is 1. The average Bonchev–Trinajstić information content (AvgIpc) is 2.88. The maximum atomic E-state index is 12.7. The van der Waals surface area contributed by atoms with E-state index in [0.29, 0.717) is 4.91 Å². The summed E-state index contributed by atoms with van der Waals surface area (Å²) in [5.74, 6) is -1.43. The molecule has 1 amide bonds. The molecule has 1 N–H and O–H groups in total. The number of thiocarbonyl (C=S) groups is 1. The van der Waals surface area contributed by atoms with Crippen LogP contribution in [-0.2, 0) is 16.0 Å². The number of thioether (sulfide) groups is 1. The summed E-state index contributed by atoms with van der Waals surface area (Å²) in [5.41, 5.74) is 1.72. The molecule has 0 unspecified atom stereocenters. The Bertz CT molecular complexity index is 834. The van der Waals surface area contributed by atoms with Gasteiger partial charge in [0.15, 0.2) is 0 Å². The fourth-order valence-corrected chi connectivity index (χ4v) is 3.93. The minimum atomic E-state index is -1.07. The van der Waals surface area contributed by atoms with E-state index < -0.39 is 12.0 Å². The van der Waals surface area contributed by atoms with Crippen molar-refractivity contribution in [2.24, 2.45) is 0 Å². The number of carboxylic acid groups (broad SMARTS) is 1. The first-order valence-corrected chi connectivity index (χ1v) is 8.87. The molecule has 0 radical (unpaired) electrons. The molecule has 0 saturated carbocycles. The van der Waals surface area contributed by atoms with Crippen LogP contribution in [-0.4, -0.2) is 32.2 Å². The van der Waals surface area contributed by atoms with Gasteiger partial charge in [-0.1, -0.05) is 84.6 Å². The third-order valence-electron chi connectivity index (χ3n) is 3.79. The fourth-order valence-electron chi connectivity index (χ4n) is 2.58. The maximum absolute atomic E-state index is 12.7. The van der Waals surface area contributed by atoms with Gasteiger partial charge in [0.1, 0.15) is 10.4 Å². The van der Waals surface area contributed by atoms with Crippen molar-refractivity contribution >= 4 is 46.3 Å². The molecule has 25 heavy (non-hydrogen) atoms. The molecule has 1 aliphatic heterocycles. The smallest absolute Gasteiger partial charge is 0.327 e. The predicted molar refractivity (Wildman–Crippen MR) is 103 cm³/mol. The molecule has 3 rings (SSSR count). The minimum Gasteiger partial charge on any atom is -0.480 e. The van der Waals surface area contributed by atoms with Crippen LogP contribution in [0.15, 0.2) is 65.6 Å². The van der Waals surface area contributed by atoms with Gasteiger partial charge in [0.25, 0.3) is 5.91 Å². The zero-order chi connectivity index (χ0) is 17.8. The van der Waals surface area contributed by atoms with Crippen LogP contribution in [0.2, 0.25) is 0 Å². The third kappa shape index (κ3) is 3.97. The molecule has 1 aliphatic rings. The van der Waals surface area contributed by atoms with Crippen LogP contribution in [0.1, 0.15) is 11.1 Å². The molecule has 6 heteroatoms. The number of rotatable bonds is 5. The van der Waals surface area contributed by atoms with Crippen molar-refractivity contribution in [1.82, 2.24) is 4.90 Å². The van der Waals surface area contributed by atoms with Crippen LogP contribution in [0.25, 0.3) is 6.08 Å². The van der Waals surface area contributed by atoms with Crippen LogP contribution < -0.4 is 0 Å². The van der Waals surface area contributed by atoms with Gasteiger partial charge in [-0.25, -0.2) is 4.79 Å². The van der Waals surface area contributed by atoms with E-state index in [1.807, 2.05) is 60.7 Å². The summed E-state index contributed by atoms with van der Waals surface area (Å²) in [6.07, 6.45) is 1.95. The Labute approximate surface area is 155 Å². The van der Waals surface area contributed by atoms with Gasteiger partial charge in [-0.2, -0.15) is 0 Å². The molecule has 1 heterocycles. The summed E-state index contributed by atoms with van der Waals surface area (Å²) in [7, 11) is 0. The largest absolute Gasteiger partial charge is 0.480 e. The highest BCUT2D eigenvalue weighted by Crippen LogP contribution is 2.34. The van der Waals surface area contributed by atoms with E-state index in [2.05, 4.69) is 0 Å². The van der Waals surface area contributed by atoms with Crippen molar-refractivity contribution in [3.8, 4) is 0 Å². The molecule has 1 atom stereocenters. The summed E-state index contributed by atoms with van der Waals surface area (Å²) in [6.45, 7) is 0. The lowest BCUT2D eigenvalue weighted by Crippen LogP contribution is -2.45. The van der Waals surface area contributed by atoms with Gasteiger partial charge >= 0.3 is 5.97 Å². The van der Waals surface area contributed by atoms with Gasteiger partial charge in [-0.15, -0.1) is 0 Å². The van der Waals surface area contributed by atoms with Crippen LogP contribution in [0, 0.1) is 0 Å². The summed E-state index contributed by atoms with van der Waals surface area (Å²) in [6, 6.07) is 17.6. The number of carboxylic acids is 1. The van der Waals surface area contributed by atoms with Crippen molar-refractivity contribution < 1.29 is 14.7 Å². The molecule has 0 spiro atoms. The second kappa shape index (κ2) is 7.63. The molecule has 0 bridgehead atoms. The Morgan fingerprint density at radius 2 is 1.72 bits per heavy atom. The van der Waals surface area contributed by atoms with Gasteiger partial charge in [-0.05, 0) is 17.2 Å². The Morgan fingerprint density at radius 1 is 1.12 bits per heavy atom. The van der Waals surface area contributed by atoms with E-state index >= 15 is 0 Å². The van der Waals surface area contributed by atoms with Crippen molar-refractivity contribution in [1.29, 1.82) is 0 Å². The summed E-state index contributed by atoms with van der Waals surface area (Å²) < 4.78 is 0.274. The fraction of sp³-hybridized carbons (Fsp3) is 0.105. The number of aliphatic carboxylic acids is 1. The zero-order valence-electron chi connectivity index (χ0n) is 13.2. The molecule has 2 aromatic rings. The van der Waals surface area contributed by atoms with Crippen molar-refractivity contribution in [3.63, 3.8) is 0 Å². The lowest BCUT2D eigenvalue weighted by Gasteiger charge is -2.23. The normalized spacial score (nSPS) is 17.1. The van der Waals surface area contributed by atoms with Gasteiger partial charge < -0.3 is 5.11 Å². The van der Waals surface area contributed by atoms with E-state index in [1.54, 1.807) is 6.08 Å². The third-order valence-corrected chi connectivity index (χ3v) is 5.12. The van der Waals surface area contributed by atoms with Gasteiger partial charge in [0.2, 0.25) is 0 Å². The lowest BCUT2D eigenvalue weighted by molar-refractivity contribution is -0.145. The first kappa shape index (κ1) is 17.4. The van der Waals surface area contributed by atoms with Crippen LogP contribution in [0.3, 0.4) is 0 Å². The number of nitrogens with zero attached hydrogens (tertiary/aromatic N) is 1. The van der Waals surface area contributed by atoms with Crippen LogP contribution >= 0.6 is 24.0 Å². The molecule has 0 aromatic heterocycles. The topological polar surface area (TPSA) is 57.6 Å². The molecular weight excluding hydrogens is 354 g/mol. The highest BCUT2D eigenvalue weighted by molar-refractivity contribution is 8.26. The Balaban J connectivity index is 1.87.